The second kappa shape index (κ2) is 12.2. The van der Waals surface area contributed by atoms with Crippen LogP contribution in [-0.4, -0.2) is 28.6 Å². The molecule has 1 N–H and O–H groups in total. The van der Waals surface area contributed by atoms with E-state index in [0.717, 1.165) is 55.3 Å². The number of aryl methyl sites for hydroxylation is 3. The molecule has 0 saturated carbocycles. The maximum absolute atomic E-state index is 12.7. The lowest BCUT2D eigenvalue weighted by atomic mass is 9.97. The molecule has 0 aliphatic carbocycles. The summed E-state index contributed by atoms with van der Waals surface area (Å²) >= 11 is 0. The van der Waals surface area contributed by atoms with Crippen molar-refractivity contribution < 1.29 is 14.6 Å². The molecule has 2 aromatic carbocycles. The first-order valence-electron chi connectivity index (χ1n) is 12.3. The topological polar surface area (TPSA) is 63.8 Å². The third-order valence-corrected chi connectivity index (χ3v) is 5.91. The van der Waals surface area contributed by atoms with Crippen molar-refractivity contribution in [1.29, 1.82) is 0 Å². The van der Waals surface area contributed by atoms with Crippen LogP contribution in [0.5, 0.6) is 5.75 Å². The predicted molar refractivity (Wildman–Crippen MR) is 139 cm³/mol. The van der Waals surface area contributed by atoms with Gasteiger partial charge in [0.15, 0.2) is 0 Å². The number of esters is 1. The number of carbonyl (C=O) groups is 1. The second-order valence-corrected chi connectivity index (χ2v) is 8.59. The molecule has 0 bridgehead atoms. The fourth-order valence-corrected chi connectivity index (χ4v) is 4.10. The molecule has 0 radical (unpaired) electrons. The molecule has 0 aliphatic heterocycles. The zero-order valence-electron chi connectivity index (χ0n) is 20.8. The Labute approximate surface area is 203 Å². The minimum atomic E-state index is -0.371. The van der Waals surface area contributed by atoms with Gasteiger partial charge in [-0.05, 0) is 62.8 Å². The van der Waals surface area contributed by atoms with Crippen molar-refractivity contribution >= 4 is 12.2 Å². The van der Waals surface area contributed by atoms with Crippen LogP contribution < -0.4 is 0 Å². The summed E-state index contributed by atoms with van der Waals surface area (Å²) in [5.74, 6) is -0.0844. The van der Waals surface area contributed by atoms with Gasteiger partial charge >= 0.3 is 5.97 Å². The van der Waals surface area contributed by atoms with E-state index in [2.05, 4.69) is 19.9 Å². The molecular formula is C29H36N2O3. The lowest BCUT2D eigenvalue weighted by Crippen LogP contribution is -2.06. The van der Waals surface area contributed by atoms with E-state index >= 15 is 0 Å². The predicted octanol–water partition coefficient (Wildman–Crippen LogP) is 6.91. The first-order valence-corrected chi connectivity index (χ1v) is 12.3. The number of carbonyl (C=O) groups excluding carboxylic acids is 1. The van der Waals surface area contributed by atoms with Crippen LogP contribution >= 0.6 is 0 Å². The van der Waals surface area contributed by atoms with Crippen molar-refractivity contribution in [2.75, 3.05) is 6.61 Å². The molecule has 3 aromatic rings. The van der Waals surface area contributed by atoms with Crippen LogP contribution in [0.4, 0.5) is 0 Å². The Balaban J connectivity index is 2.09. The van der Waals surface area contributed by atoms with E-state index in [9.17, 15) is 9.90 Å². The molecule has 0 spiro atoms. The lowest BCUT2D eigenvalue weighted by Gasteiger charge is -2.12. The highest BCUT2D eigenvalue weighted by atomic mass is 16.5. The number of aromatic hydroxyl groups is 1. The molecule has 1 aromatic heterocycles. The highest BCUT2D eigenvalue weighted by Gasteiger charge is 2.21. The van der Waals surface area contributed by atoms with Gasteiger partial charge in [-0.2, -0.15) is 5.10 Å². The molecule has 180 valence electrons. The first-order chi connectivity index (χ1) is 16.5. The normalized spacial score (nSPS) is 11.3. The van der Waals surface area contributed by atoms with E-state index in [1.807, 2.05) is 49.4 Å². The van der Waals surface area contributed by atoms with Gasteiger partial charge in [0.25, 0.3) is 0 Å². The molecular weight excluding hydrogens is 424 g/mol. The highest BCUT2D eigenvalue weighted by molar-refractivity contribution is 5.97. The van der Waals surface area contributed by atoms with Crippen molar-refractivity contribution in [2.24, 2.45) is 5.10 Å². The van der Waals surface area contributed by atoms with Crippen molar-refractivity contribution in [2.45, 2.75) is 66.2 Å². The van der Waals surface area contributed by atoms with Gasteiger partial charge in [0.05, 0.1) is 24.1 Å². The lowest BCUT2D eigenvalue weighted by molar-refractivity contribution is 0.0527. The van der Waals surface area contributed by atoms with E-state index in [1.54, 1.807) is 17.8 Å². The summed E-state index contributed by atoms with van der Waals surface area (Å²) in [6.45, 7) is 8.35. The molecule has 0 aliphatic rings. The minimum absolute atomic E-state index is 0.286. The number of hydrogen-bond acceptors (Lipinski definition) is 4. The van der Waals surface area contributed by atoms with Gasteiger partial charge in [0.1, 0.15) is 5.75 Å². The quantitative estimate of drug-likeness (QED) is 0.250. The van der Waals surface area contributed by atoms with Crippen LogP contribution in [0.25, 0.3) is 11.3 Å². The Bertz CT molecular complexity index is 1130. The Morgan fingerprint density at radius 2 is 1.74 bits per heavy atom. The zero-order chi connectivity index (χ0) is 24.5. The molecule has 5 heteroatoms. The van der Waals surface area contributed by atoms with E-state index in [0.29, 0.717) is 23.4 Å². The minimum Gasteiger partial charge on any atom is -0.507 e. The monoisotopic (exact) mass is 460 g/mol. The summed E-state index contributed by atoms with van der Waals surface area (Å²) in [4.78, 5) is 12.7. The van der Waals surface area contributed by atoms with Crippen LogP contribution in [-0.2, 0) is 17.6 Å². The largest absolute Gasteiger partial charge is 0.507 e. The SMILES string of the molecule is CCCCc1cc(/C=N/n2c(C)cc(C(=O)OCC)c2-c2ccccc2)c(O)c(CCCC)c1. The number of rotatable bonds is 11. The maximum atomic E-state index is 12.7. The van der Waals surface area contributed by atoms with Gasteiger partial charge in [-0.3, -0.25) is 0 Å². The number of nitrogens with zero attached hydrogens (tertiary/aromatic N) is 2. The average molecular weight is 461 g/mol. The van der Waals surface area contributed by atoms with Crippen molar-refractivity contribution in [3.05, 3.63) is 76.5 Å². The number of phenols is 1. The zero-order valence-corrected chi connectivity index (χ0v) is 20.8. The number of hydrogen-bond donors (Lipinski definition) is 1. The molecule has 0 fully saturated rings. The number of aromatic nitrogens is 1. The molecule has 5 nitrogen and oxygen atoms in total. The standard InChI is InChI=1S/C29H36N2O3/c1-5-8-13-22-18-24(14-9-6-2)28(32)25(19-22)20-30-31-21(4)17-26(29(33)34-7-3)27(31)23-15-11-10-12-16-23/h10-12,15-20,32H,5-9,13-14H2,1-4H3/b30-20+. The van der Waals surface area contributed by atoms with Gasteiger partial charge in [-0.1, -0.05) is 63.1 Å². The summed E-state index contributed by atoms with van der Waals surface area (Å²) in [6, 6.07) is 15.7. The highest BCUT2D eigenvalue weighted by Crippen LogP contribution is 2.30. The van der Waals surface area contributed by atoms with Crippen molar-refractivity contribution in [1.82, 2.24) is 4.68 Å². The van der Waals surface area contributed by atoms with Crippen LogP contribution in [0.15, 0.2) is 53.6 Å². The Kier molecular flexibility index (Phi) is 9.08. The number of ether oxygens (including phenoxy) is 1. The molecule has 0 amide bonds. The first kappa shape index (κ1) is 25.3. The van der Waals surface area contributed by atoms with Crippen molar-refractivity contribution in [3.8, 4) is 17.0 Å². The molecule has 1 heterocycles. The van der Waals surface area contributed by atoms with Gasteiger partial charge in [-0.15, -0.1) is 0 Å². The Hall–Kier alpha value is -3.34. The van der Waals surface area contributed by atoms with Crippen LogP contribution in [0.2, 0.25) is 0 Å². The van der Waals surface area contributed by atoms with Gasteiger partial charge in [0.2, 0.25) is 0 Å². The van der Waals surface area contributed by atoms with Gasteiger partial charge in [0, 0.05) is 16.8 Å². The number of phenolic OH excluding ortho intramolecular Hbond substituents is 1. The molecule has 3 rings (SSSR count). The Morgan fingerprint density at radius 1 is 1.03 bits per heavy atom. The van der Waals surface area contributed by atoms with E-state index < -0.39 is 0 Å². The molecule has 0 saturated heterocycles. The van der Waals surface area contributed by atoms with Crippen LogP contribution in [0, 0.1) is 6.92 Å². The summed E-state index contributed by atoms with van der Waals surface area (Å²) in [6.07, 6.45) is 7.84. The summed E-state index contributed by atoms with van der Waals surface area (Å²) in [5.41, 5.74) is 5.73. The summed E-state index contributed by atoms with van der Waals surface area (Å²) in [7, 11) is 0. The average Bonchev–Trinajstić information content (AvgIpc) is 3.18. The van der Waals surface area contributed by atoms with Crippen LogP contribution in [0.1, 0.15) is 79.2 Å². The van der Waals surface area contributed by atoms with E-state index in [1.165, 1.54) is 5.56 Å². The smallest absolute Gasteiger partial charge is 0.340 e. The van der Waals surface area contributed by atoms with Gasteiger partial charge in [-0.25, -0.2) is 9.47 Å². The van der Waals surface area contributed by atoms with Crippen molar-refractivity contribution in [3.63, 3.8) is 0 Å². The molecule has 0 unspecified atom stereocenters. The maximum Gasteiger partial charge on any atom is 0.340 e. The fourth-order valence-electron chi connectivity index (χ4n) is 4.10. The molecule has 0 atom stereocenters. The van der Waals surface area contributed by atoms with E-state index in [4.69, 9.17) is 9.84 Å². The van der Waals surface area contributed by atoms with Crippen LogP contribution in [0.3, 0.4) is 0 Å². The fraction of sp³-hybridized carbons (Fsp3) is 0.379. The molecule has 34 heavy (non-hydrogen) atoms. The Morgan fingerprint density at radius 3 is 2.41 bits per heavy atom. The summed E-state index contributed by atoms with van der Waals surface area (Å²) < 4.78 is 7.06. The van der Waals surface area contributed by atoms with E-state index in [-0.39, 0.29) is 11.7 Å². The third-order valence-electron chi connectivity index (χ3n) is 5.91. The van der Waals surface area contributed by atoms with Gasteiger partial charge < -0.3 is 9.84 Å². The summed E-state index contributed by atoms with van der Waals surface area (Å²) in [5, 5.41) is 15.7. The number of unbranched alkanes of at least 4 members (excludes halogenated alkanes) is 2. The second-order valence-electron chi connectivity index (χ2n) is 8.59. The number of benzene rings is 2. The third kappa shape index (κ3) is 5.96.